The van der Waals surface area contributed by atoms with E-state index in [0.29, 0.717) is 12.8 Å². The largest absolute Gasteiger partial charge is 0.306 e. The molecule has 0 atom stereocenters. The fourth-order valence-electron chi connectivity index (χ4n) is 0.693. The van der Waals surface area contributed by atoms with E-state index in [0.717, 1.165) is 0 Å². The molecule has 4 heteroatoms. The van der Waals surface area contributed by atoms with Crippen LogP contribution in [0.1, 0.15) is 26.7 Å². The van der Waals surface area contributed by atoms with Crippen molar-refractivity contribution in [1.82, 2.24) is 0 Å². The van der Waals surface area contributed by atoms with Crippen molar-refractivity contribution >= 4 is 9.63 Å². The molecule has 0 saturated carbocycles. The third-order valence-electron chi connectivity index (χ3n) is 1.33. The summed E-state index contributed by atoms with van der Waals surface area (Å²) in [6.07, 6.45) is 1.20. The molecule has 0 spiro atoms. The van der Waals surface area contributed by atoms with Crippen LogP contribution in [0.4, 0.5) is 0 Å². The molecule has 0 aromatic heterocycles. The molecule has 0 aliphatic rings. The summed E-state index contributed by atoms with van der Waals surface area (Å²) in [6.45, 7) is 3.66. The third kappa shape index (κ3) is 6.68. The van der Waals surface area contributed by atoms with Gasteiger partial charge in [0.05, 0.1) is 0 Å². The molecule has 80 valence electrons. The molecule has 0 radical (unpaired) electrons. The van der Waals surface area contributed by atoms with Gasteiger partial charge in [-0.2, -0.15) is 0 Å². The Bertz CT molecular complexity index is 326. The van der Waals surface area contributed by atoms with Gasteiger partial charge in [0, 0.05) is 12.8 Å². The lowest BCUT2D eigenvalue weighted by atomic mass is 10.5. The molecule has 0 unspecified atom stereocenters. The van der Waals surface area contributed by atoms with E-state index < -0.39 is 21.1 Å². The fourth-order valence-corrected chi connectivity index (χ4v) is 1.58. The van der Waals surface area contributed by atoms with E-state index >= 15 is 0 Å². The van der Waals surface area contributed by atoms with Crippen LogP contribution in [0.25, 0.3) is 0 Å². The van der Waals surface area contributed by atoms with Crippen molar-refractivity contribution < 1.29 is 13.3 Å². The molecule has 0 amide bonds. The van der Waals surface area contributed by atoms with Gasteiger partial charge in [0.1, 0.15) is 21.1 Å². The minimum absolute atomic E-state index is 0.413. The molecule has 0 aliphatic carbocycles. The average Bonchev–Trinajstić information content (AvgIpc) is 2.04. The molecule has 0 saturated heterocycles. The van der Waals surface area contributed by atoms with Crippen LogP contribution in [-0.2, 0) is 9.63 Å². The quantitative estimate of drug-likeness (QED) is 0.689. The Hall–Kier alpha value is -0.810. The molecular formula is C10H16O3S. The Morgan fingerprint density at radius 1 is 0.929 bits per heavy atom. The van der Waals surface area contributed by atoms with Crippen molar-refractivity contribution in [1.29, 1.82) is 0 Å². The van der Waals surface area contributed by atoms with Gasteiger partial charge < -0.3 is 9.11 Å². The van der Waals surface area contributed by atoms with E-state index in [1.54, 1.807) is 0 Å². The summed E-state index contributed by atoms with van der Waals surface area (Å²) in [6, 6.07) is 0. The third-order valence-corrected chi connectivity index (χ3v) is 2.78. The molecule has 0 fully saturated rings. The van der Waals surface area contributed by atoms with E-state index in [4.69, 9.17) is 0 Å². The SMILES string of the molecule is CCC#CCS(=O)(O)(O)CC#CCC. The highest BCUT2D eigenvalue weighted by atomic mass is 32.3. The molecule has 0 aromatic carbocycles. The second-order valence-electron chi connectivity index (χ2n) is 2.89. The Morgan fingerprint density at radius 3 is 1.57 bits per heavy atom. The zero-order valence-corrected chi connectivity index (χ0v) is 9.36. The minimum atomic E-state index is -4.60. The van der Waals surface area contributed by atoms with Gasteiger partial charge in [0.25, 0.3) is 0 Å². The molecular weight excluding hydrogens is 200 g/mol. The highest BCUT2D eigenvalue weighted by molar-refractivity contribution is 8.10. The highest BCUT2D eigenvalue weighted by Gasteiger charge is 2.27. The number of hydrogen-bond acceptors (Lipinski definition) is 1. The average molecular weight is 216 g/mol. The van der Waals surface area contributed by atoms with Crippen LogP contribution < -0.4 is 0 Å². The maximum absolute atomic E-state index is 11.4. The summed E-state index contributed by atoms with van der Waals surface area (Å²) in [5.41, 5.74) is 0. The first kappa shape index (κ1) is 13.2. The van der Waals surface area contributed by atoms with Crippen LogP contribution in [0.5, 0.6) is 0 Å². The van der Waals surface area contributed by atoms with Gasteiger partial charge in [-0.3, -0.25) is 0 Å². The van der Waals surface area contributed by atoms with E-state index in [1.165, 1.54) is 0 Å². The lowest BCUT2D eigenvalue weighted by molar-refractivity contribution is 0.399. The van der Waals surface area contributed by atoms with Gasteiger partial charge in [-0.05, 0) is 0 Å². The lowest BCUT2D eigenvalue weighted by Gasteiger charge is -2.25. The van der Waals surface area contributed by atoms with Crippen LogP contribution in [0.3, 0.4) is 0 Å². The maximum atomic E-state index is 11.4. The Balaban J connectivity index is 4.45. The molecule has 3 nitrogen and oxygen atoms in total. The first-order valence-electron chi connectivity index (χ1n) is 4.44. The molecule has 0 heterocycles. The van der Waals surface area contributed by atoms with Crippen molar-refractivity contribution in [2.75, 3.05) is 11.5 Å². The van der Waals surface area contributed by atoms with E-state index in [1.807, 2.05) is 13.8 Å². The smallest absolute Gasteiger partial charge is 0.109 e. The first-order valence-corrected chi connectivity index (χ1v) is 6.66. The van der Waals surface area contributed by atoms with Crippen molar-refractivity contribution in [2.45, 2.75) is 26.7 Å². The highest BCUT2D eigenvalue weighted by Crippen LogP contribution is 2.14. The summed E-state index contributed by atoms with van der Waals surface area (Å²) < 4.78 is 30.1. The van der Waals surface area contributed by atoms with Gasteiger partial charge in [0.15, 0.2) is 0 Å². The second kappa shape index (κ2) is 5.17. The van der Waals surface area contributed by atoms with Gasteiger partial charge in [0.2, 0.25) is 0 Å². The zero-order valence-electron chi connectivity index (χ0n) is 8.54. The molecule has 0 aromatic rings. The van der Waals surface area contributed by atoms with Crippen molar-refractivity contribution in [3.8, 4) is 23.7 Å². The minimum Gasteiger partial charge on any atom is -0.306 e. The van der Waals surface area contributed by atoms with Crippen LogP contribution in [0, 0.1) is 23.7 Å². The molecule has 14 heavy (non-hydrogen) atoms. The second-order valence-corrected chi connectivity index (χ2v) is 5.84. The normalized spacial score (nSPS) is 12.7. The topological polar surface area (TPSA) is 57.5 Å². The van der Waals surface area contributed by atoms with Gasteiger partial charge in [-0.25, -0.2) is 4.21 Å². The van der Waals surface area contributed by atoms with Crippen molar-refractivity contribution in [2.24, 2.45) is 0 Å². The lowest BCUT2D eigenvalue weighted by Crippen LogP contribution is -2.37. The molecule has 2 N–H and O–H groups in total. The monoisotopic (exact) mass is 216 g/mol. The summed E-state index contributed by atoms with van der Waals surface area (Å²) in [4.78, 5) is 0. The van der Waals surface area contributed by atoms with Crippen molar-refractivity contribution in [3.63, 3.8) is 0 Å². The summed E-state index contributed by atoms with van der Waals surface area (Å²) in [5.74, 6) is 9.35. The summed E-state index contributed by atoms with van der Waals surface area (Å²) in [5, 5.41) is 0. The summed E-state index contributed by atoms with van der Waals surface area (Å²) >= 11 is 0. The van der Waals surface area contributed by atoms with Gasteiger partial charge in [-0.15, -0.1) is 11.8 Å². The Labute approximate surface area is 85.3 Å². The van der Waals surface area contributed by atoms with Gasteiger partial charge >= 0.3 is 0 Å². The number of rotatable bonds is 2. The van der Waals surface area contributed by atoms with Crippen molar-refractivity contribution in [3.05, 3.63) is 0 Å². The summed E-state index contributed by atoms with van der Waals surface area (Å²) in [7, 11) is -4.60. The fraction of sp³-hybridized carbons (Fsp3) is 0.600. The maximum Gasteiger partial charge on any atom is 0.109 e. The molecule has 0 rings (SSSR count). The van der Waals surface area contributed by atoms with E-state index in [2.05, 4.69) is 23.7 Å². The predicted molar refractivity (Wildman–Crippen MR) is 59.3 cm³/mol. The van der Waals surface area contributed by atoms with Crippen LogP contribution in [0.15, 0.2) is 0 Å². The standard InChI is InChI=1S/C10H16O3S/c1-3-5-7-9-14(11,12,13)10-8-6-4-2/h3-4,9-10H2,1-2H3,(H2,11,12,13). The molecule has 0 bridgehead atoms. The van der Waals surface area contributed by atoms with Gasteiger partial charge in [-0.1, -0.05) is 25.7 Å². The van der Waals surface area contributed by atoms with E-state index in [-0.39, 0.29) is 0 Å². The zero-order chi connectivity index (χ0) is 11.1. The number of hydrogen-bond donors (Lipinski definition) is 2. The predicted octanol–water partition coefficient (Wildman–Crippen LogP) is 1.58. The van der Waals surface area contributed by atoms with Crippen LogP contribution in [0.2, 0.25) is 0 Å². The Kier molecular flexibility index (Phi) is 4.87. The first-order chi connectivity index (χ1) is 6.39. The molecule has 0 aliphatic heterocycles. The Morgan fingerprint density at radius 2 is 1.29 bits per heavy atom. The van der Waals surface area contributed by atoms with Crippen LogP contribution >= 0.6 is 0 Å². The van der Waals surface area contributed by atoms with Crippen LogP contribution in [-0.4, -0.2) is 24.8 Å². The van der Waals surface area contributed by atoms with E-state index in [9.17, 15) is 13.3 Å².